The zero-order chi connectivity index (χ0) is 21.3. The van der Waals surface area contributed by atoms with Crippen molar-refractivity contribution in [2.24, 2.45) is 10.7 Å². The van der Waals surface area contributed by atoms with Crippen LogP contribution in [0.5, 0.6) is 0 Å². The highest BCUT2D eigenvalue weighted by Crippen LogP contribution is 2.15. The SMILES string of the molecule is CN=C(NCc1ccc(C(=O)NCC(N)=O)cc1)N1CCN(c2ccccc2)CC1. The number of guanidine groups is 1. The number of primary amides is 1. The predicted molar refractivity (Wildman–Crippen MR) is 118 cm³/mol. The van der Waals surface area contributed by atoms with Crippen molar-refractivity contribution in [2.75, 3.05) is 44.7 Å². The molecule has 8 heteroatoms. The number of para-hydroxylation sites is 1. The summed E-state index contributed by atoms with van der Waals surface area (Å²) in [5, 5.41) is 5.87. The molecule has 1 heterocycles. The summed E-state index contributed by atoms with van der Waals surface area (Å²) in [6, 6.07) is 17.7. The van der Waals surface area contributed by atoms with Gasteiger partial charge in [0.05, 0.1) is 6.54 Å². The maximum absolute atomic E-state index is 11.9. The van der Waals surface area contributed by atoms with Gasteiger partial charge in [-0.1, -0.05) is 30.3 Å². The molecule has 0 atom stereocenters. The Morgan fingerprint density at radius 2 is 1.63 bits per heavy atom. The standard InChI is InChI=1S/C22H28N6O2/c1-24-22(28-13-11-27(12-14-28)19-5-3-2-4-6-19)26-15-17-7-9-18(10-8-17)21(30)25-16-20(23)29/h2-10H,11-16H2,1H3,(H2,23,29)(H,24,26)(H,25,30). The topological polar surface area (TPSA) is 103 Å². The molecule has 4 N–H and O–H groups in total. The van der Waals surface area contributed by atoms with E-state index in [1.54, 1.807) is 19.2 Å². The fourth-order valence-electron chi connectivity index (χ4n) is 3.37. The fourth-order valence-corrected chi connectivity index (χ4v) is 3.37. The first-order chi connectivity index (χ1) is 14.6. The highest BCUT2D eigenvalue weighted by molar-refractivity contribution is 5.96. The Morgan fingerprint density at radius 3 is 2.23 bits per heavy atom. The van der Waals surface area contributed by atoms with Gasteiger partial charge in [-0.25, -0.2) is 0 Å². The van der Waals surface area contributed by atoms with Gasteiger partial charge in [0, 0.05) is 51.0 Å². The Balaban J connectivity index is 1.49. The summed E-state index contributed by atoms with van der Waals surface area (Å²) in [7, 11) is 1.79. The van der Waals surface area contributed by atoms with E-state index < -0.39 is 5.91 Å². The van der Waals surface area contributed by atoms with Gasteiger partial charge in [0.15, 0.2) is 5.96 Å². The maximum Gasteiger partial charge on any atom is 0.251 e. The number of piperazine rings is 1. The number of nitrogens with zero attached hydrogens (tertiary/aromatic N) is 3. The van der Waals surface area contributed by atoms with Crippen LogP contribution in [0.1, 0.15) is 15.9 Å². The molecule has 0 unspecified atom stereocenters. The molecule has 0 bridgehead atoms. The minimum absolute atomic E-state index is 0.171. The van der Waals surface area contributed by atoms with Crippen molar-refractivity contribution >= 4 is 23.5 Å². The normalized spacial score (nSPS) is 14.4. The third-order valence-corrected chi connectivity index (χ3v) is 5.00. The number of carbonyl (C=O) groups excluding carboxylic acids is 2. The molecule has 1 aliphatic heterocycles. The second-order valence-electron chi connectivity index (χ2n) is 7.06. The number of hydrogen-bond acceptors (Lipinski definition) is 4. The third-order valence-electron chi connectivity index (χ3n) is 5.00. The molecule has 0 radical (unpaired) electrons. The first kappa shape index (κ1) is 21.2. The van der Waals surface area contributed by atoms with Crippen molar-refractivity contribution in [1.29, 1.82) is 0 Å². The molecule has 0 spiro atoms. The summed E-state index contributed by atoms with van der Waals surface area (Å²) in [6.07, 6.45) is 0. The molecule has 2 amide bonds. The largest absolute Gasteiger partial charge is 0.368 e. The van der Waals surface area contributed by atoms with Crippen molar-refractivity contribution in [3.8, 4) is 0 Å². The summed E-state index contributed by atoms with van der Waals surface area (Å²) < 4.78 is 0. The van der Waals surface area contributed by atoms with Gasteiger partial charge in [-0.3, -0.25) is 14.6 Å². The Morgan fingerprint density at radius 1 is 0.967 bits per heavy atom. The van der Waals surface area contributed by atoms with E-state index in [4.69, 9.17) is 5.73 Å². The quantitative estimate of drug-likeness (QED) is 0.485. The molecule has 1 aliphatic rings. The van der Waals surface area contributed by atoms with E-state index in [2.05, 4.69) is 49.7 Å². The molecule has 1 fully saturated rings. The van der Waals surface area contributed by atoms with Crippen molar-refractivity contribution in [1.82, 2.24) is 15.5 Å². The van der Waals surface area contributed by atoms with Gasteiger partial charge in [-0.05, 0) is 29.8 Å². The van der Waals surface area contributed by atoms with Crippen LogP contribution < -0.4 is 21.3 Å². The van der Waals surface area contributed by atoms with E-state index in [1.807, 2.05) is 18.2 Å². The minimum atomic E-state index is -0.569. The molecular formula is C22H28N6O2. The predicted octanol–water partition coefficient (Wildman–Crippen LogP) is 0.799. The van der Waals surface area contributed by atoms with E-state index in [-0.39, 0.29) is 12.5 Å². The number of amides is 2. The molecular weight excluding hydrogens is 380 g/mol. The van der Waals surface area contributed by atoms with E-state index in [0.717, 1.165) is 37.7 Å². The Bertz CT molecular complexity index is 874. The lowest BCUT2D eigenvalue weighted by atomic mass is 10.1. The molecule has 0 saturated carbocycles. The van der Waals surface area contributed by atoms with Gasteiger partial charge in [-0.2, -0.15) is 0 Å². The fraction of sp³-hybridized carbons (Fsp3) is 0.318. The highest BCUT2D eigenvalue weighted by atomic mass is 16.2. The number of anilines is 1. The molecule has 158 valence electrons. The lowest BCUT2D eigenvalue weighted by Crippen LogP contribution is -2.52. The van der Waals surface area contributed by atoms with Crippen molar-refractivity contribution in [2.45, 2.75) is 6.54 Å². The Labute approximate surface area is 176 Å². The zero-order valence-corrected chi connectivity index (χ0v) is 17.2. The van der Waals surface area contributed by atoms with Crippen molar-refractivity contribution in [3.05, 3.63) is 65.7 Å². The number of aliphatic imine (C=N–C) groups is 1. The van der Waals surface area contributed by atoms with Crippen LogP contribution in [-0.4, -0.2) is 62.4 Å². The maximum atomic E-state index is 11.9. The number of carbonyl (C=O) groups is 2. The smallest absolute Gasteiger partial charge is 0.251 e. The van der Waals surface area contributed by atoms with Crippen LogP contribution in [0.15, 0.2) is 59.6 Å². The molecule has 30 heavy (non-hydrogen) atoms. The molecule has 2 aromatic rings. The summed E-state index contributed by atoms with van der Waals surface area (Å²) in [5.74, 6) is -0.0217. The van der Waals surface area contributed by atoms with Crippen LogP contribution in [0.4, 0.5) is 5.69 Å². The van der Waals surface area contributed by atoms with Crippen LogP contribution in [0.2, 0.25) is 0 Å². The van der Waals surface area contributed by atoms with Crippen molar-refractivity contribution in [3.63, 3.8) is 0 Å². The number of benzene rings is 2. The number of hydrogen-bond donors (Lipinski definition) is 3. The summed E-state index contributed by atoms with van der Waals surface area (Å²) in [4.78, 5) is 31.8. The lowest BCUT2D eigenvalue weighted by molar-refractivity contribution is -0.117. The Kier molecular flexibility index (Phi) is 7.26. The van der Waals surface area contributed by atoms with Crippen LogP contribution in [-0.2, 0) is 11.3 Å². The van der Waals surface area contributed by atoms with Crippen LogP contribution in [0.3, 0.4) is 0 Å². The molecule has 3 rings (SSSR count). The van der Waals surface area contributed by atoms with E-state index in [1.165, 1.54) is 5.69 Å². The Hall–Kier alpha value is -3.55. The molecule has 0 aliphatic carbocycles. The minimum Gasteiger partial charge on any atom is -0.368 e. The van der Waals surface area contributed by atoms with Gasteiger partial charge in [0.2, 0.25) is 5.91 Å². The van der Waals surface area contributed by atoms with Crippen LogP contribution in [0, 0.1) is 0 Å². The van der Waals surface area contributed by atoms with Gasteiger partial charge in [-0.15, -0.1) is 0 Å². The van der Waals surface area contributed by atoms with E-state index >= 15 is 0 Å². The van der Waals surface area contributed by atoms with Crippen LogP contribution >= 0.6 is 0 Å². The molecule has 1 saturated heterocycles. The number of rotatable bonds is 6. The summed E-state index contributed by atoms with van der Waals surface area (Å²) >= 11 is 0. The second kappa shape index (κ2) is 10.3. The van der Waals surface area contributed by atoms with Gasteiger partial charge < -0.3 is 26.2 Å². The lowest BCUT2D eigenvalue weighted by Gasteiger charge is -2.37. The van der Waals surface area contributed by atoms with E-state index in [0.29, 0.717) is 12.1 Å². The molecule has 0 aromatic heterocycles. The van der Waals surface area contributed by atoms with Crippen molar-refractivity contribution < 1.29 is 9.59 Å². The van der Waals surface area contributed by atoms with Gasteiger partial charge >= 0.3 is 0 Å². The summed E-state index contributed by atoms with van der Waals surface area (Å²) in [6.45, 7) is 4.12. The molecule has 8 nitrogen and oxygen atoms in total. The highest BCUT2D eigenvalue weighted by Gasteiger charge is 2.19. The van der Waals surface area contributed by atoms with Gasteiger partial charge in [0.25, 0.3) is 5.91 Å². The number of nitrogens with one attached hydrogen (secondary N) is 2. The zero-order valence-electron chi connectivity index (χ0n) is 17.2. The molecule has 2 aromatic carbocycles. The second-order valence-corrected chi connectivity index (χ2v) is 7.06. The summed E-state index contributed by atoms with van der Waals surface area (Å²) in [5.41, 5.74) is 7.81. The first-order valence-corrected chi connectivity index (χ1v) is 9.98. The van der Waals surface area contributed by atoms with Gasteiger partial charge in [0.1, 0.15) is 0 Å². The third kappa shape index (κ3) is 5.73. The number of nitrogens with two attached hydrogens (primary N) is 1. The first-order valence-electron chi connectivity index (χ1n) is 9.98. The monoisotopic (exact) mass is 408 g/mol. The average molecular weight is 409 g/mol. The van der Waals surface area contributed by atoms with E-state index in [9.17, 15) is 9.59 Å². The van der Waals surface area contributed by atoms with Crippen LogP contribution in [0.25, 0.3) is 0 Å². The average Bonchev–Trinajstić information content (AvgIpc) is 2.79.